The second-order valence-corrected chi connectivity index (χ2v) is 8.28. The lowest BCUT2D eigenvalue weighted by molar-refractivity contribution is -0.911. The van der Waals surface area contributed by atoms with Crippen LogP contribution in [0.2, 0.25) is 0 Å². The van der Waals surface area contributed by atoms with Crippen molar-refractivity contribution in [1.29, 1.82) is 0 Å². The number of rotatable bonds is 2. The highest BCUT2D eigenvalue weighted by molar-refractivity contribution is 5.48. The Balaban J connectivity index is 2.04. The van der Waals surface area contributed by atoms with Crippen LogP contribution in [0.4, 0.5) is 0 Å². The molecule has 0 aliphatic heterocycles. The highest BCUT2D eigenvalue weighted by Crippen LogP contribution is 2.59. The largest absolute Gasteiger partial charge is 0.328 e. The number of hydrogen-bond acceptors (Lipinski definition) is 0. The van der Waals surface area contributed by atoms with Crippen LogP contribution in [0.25, 0.3) is 0 Å². The van der Waals surface area contributed by atoms with E-state index in [9.17, 15) is 0 Å². The van der Waals surface area contributed by atoms with E-state index in [1.807, 2.05) is 0 Å². The third kappa shape index (κ3) is 1.85. The molecule has 0 N–H and O–H groups in total. The van der Waals surface area contributed by atoms with Crippen molar-refractivity contribution >= 4 is 0 Å². The molecule has 1 fully saturated rings. The molecule has 2 heteroatoms. The quantitative estimate of drug-likeness (QED) is 0.717. The minimum Gasteiger partial charge on any atom is -0.328 e. The summed E-state index contributed by atoms with van der Waals surface area (Å²) in [4.78, 5) is 0. The second kappa shape index (κ2) is 3.83. The van der Waals surface area contributed by atoms with Crippen molar-refractivity contribution in [3.05, 3.63) is 35.4 Å². The average Bonchev–Trinajstić information content (AvgIpc) is 2.60. The standard InChI is InChI=1S/C17H28N2/c1-18(2,3)14-11-15(19(4,5)6)17-13-10-8-7-9-12(13)16(14)17/h7-10,14-17H,11H2,1-6H3/q+2/t14-,15-,16+,17+/m0/s1. The highest BCUT2D eigenvalue weighted by Gasteiger charge is 2.60. The Morgan fingerprint density at radius 3 is 1.42 bits per heavy atom. The van der Waals surface area contributed by atoms with Gasteiger partial charge in [0.1, 0.15) is 12.1 Å². The van der Waals surface area contributed by atoms with Gasteiger partial charge in [0.15, 0.2) is 0 Å². The molecule has 2 nitrogen and oxygen atoms in total. The van der Waals surface area contributed by atoms with Crippen molar-refractivity contribution in [2.24, 2.45) is 0 Å². The first-order chi connectivity index (χ1) is 8.71. The second-order valence-electron chi connectivity index (χ2n) is 8.28. The van der Waals surface area contributed by atoms with Gasteiger partial charge < -0.3 is 8.97 Å². The van der Waals surface area contributed by atoms with Gasteiger partial charge in [-0.2, -0.15) is 0 Å². The molecule has 104 valence electrons. The summed E-state index contributed by atoms with van der Waals surface area (Å²) >= 11 is 0. The van der Waals surface area contributed by atoms with Crippen molar-refractivity contribution in [3.8, 4) is 0 Å². The molecule has 1 saturated carbocycles. The average molecular weight is 260 g/mol. The number of hydrogen-bond donors (Lipinski definition) is 0. The molecule has 0 bridgehead atoms. The fourth-order valence-electron chi connectivity index (χ4n) is 4.44. The molecule has 2 aliphatic rings. The molecule has 1 aromatic rings. The van der Waals surface area contributed by atoms with Gasteiger partial charge in [0.2, 0.25) is 0 Å². The van der Waals surface area contributed by atoms with E-state index in [2.05, 4.69) is 66.6 Å². The van der Waals surface area contributed by atoms with Crippen LogP contribution in [-0.4, -0.2) is 63.3 Å². The van der Waals surface area contributed by atoms with E-state index in [4.69, 9.17) is 0 Å². The third-order valence-corrected chi connectivity index (χ3v) is 5.40. The summed E-state index contributed by atoms with van der Waals surface area (Å²) in [6.45, 7) is 0. The van der Waals surface area contributed by atoms with Crippen LogP contribution >= 0.6 is 0 Å². The van der Waals surface area contributed by atoms with E-state index in [-0.39, 0.29) is 0 Å². The minimum atomic E-state index is 0.766. The monoisotopic (exact) mass is 260 g/mol. The van der Waals surface area contributed by atoms with Gasteiger partial charge in [-0.1, -0.05) is 24.3 Å². The highest BCUT2D eigenvalue weighted by atomic mass is 15.4. The van der Waals surface area contributed by atoms with Crippen molar-refractivity contribution in [2.45, 2.75) is 30.3 Å². The van der Waals surface area contributed by atoms with Gasteiger partial charge in [0.05, 0.1) is 48.7 Å². The van der Waals surface area contributed by atoms with Gasteiger partial charge in [0.25, 0.3) is 0 Å². The predicted molar refractivity (Wildman–Crippen MR) is 80.2 cm³/mol. The summed E-state index contributed by atoms with van der Waals surface area (Å²) in [5.74, 6) is 1.55. The Morgan fingerprint density at radius 2 is 1.11 bits per heavy atom. The smallest absolute Gasteiger partial charge is 0.102 e. The number of nitrogens with zero attached hydrogens (tertiary/aromatic N) is 2. The molecule has 0 aromatic heterocycles. The molecule has 19 heavy (non-hydrogen) atoms. The number of fused-ring (bicyclic) bond motifs is 4. The zero-order chi connectivity index (χ0) is 14.0. The summed E-state index contributed by atoms with van der Waals surface area (Å²) in [7, 11) is 14.2. The Bertz CT molecular complexity index is 448. The van der Waals surface area contributed by atoms with Gasteiger partial charge in [-0.25, -0.2) is 0 Å². The Morgan fingerprint density at radius 1 is 0.737 bits per heavy atom. The maximum Gasteiger partial charge on any atom is 0.102 e. The maximum absolute atomic E-state index is 2.36. The van der Waals surface area contributed by atoms with Crippen molar-refractivity contribution in [2.75, 3.05) is 42.3 Å². The molecule has 0 saturated heterocycles. The van der Waals surface area contributed by atoms with E-state index in [0.717, 1.165) is 32.9 Å². The molecule has 0 heterocycles. The van der Waals surface area contributed by atoms with E-state index >= 15 is 0 Å². The molecular weight excluding hydrogens is 232 g/mol. The fraction of sp³-hybridized carbons (Fsp3) is 0.647. The molecule has 2 aliphatic carbocycles. The van der Waals surface area contributed by atoms with Crippen LogP contribution in [0, 0.1) is 0 Å². The lowest BCUT2D eigenvalue weighted by Crippen LogP contribution is -2.48. The van der Waals surface area contributed by atoms with Crippen LogP contribution in [0.5, 0.6) is 0 Å². The van der Waals surface area contributed by atoms with Crippen LogP contribution < -0.4 is 0 Å². The number of quaternary nitrogens is 2. The van der Waals surface area contributed by atoms with E-state index < -0.39 is 0 Å². The van der Waals surface area contributed by atoms with Crippen molar-refractivity contribution in [1.82, 2.24) is 0 Å². The normalized spacial score (nSPS) is 33.6. The molecule has 0 spiro atoms. The van der Waals surface area contributed by atoms with Crippen molar-refractivity contribution < 1.29 is 8.97 Å². The molecule has 4 atom stereocenters. The molecule has 1 aromatic carbocycles. The first-order valence-electron chi connectivity index (χ1n) is 7.42. The fourth-order valence-corrected chi connectivity index (χ4v) is 4.44. The zero-order valence-corrected chi connectivity index (χ0v) is 13.2. The molecule has 3 rings (SSSR count). The summed E-state index contributed by atoms with van der Waals surface area (Å²) in [5, 5.41) is 0. The van der Waals surface area contributed by atoms with Crippen LogP contribution in [0.3, 0.4) is 0 Å². The Hall–Kier alpha value is -0.860. The third-order valence-electron chi connectivity index (χ3n) is 5.40. The first-order valence-corrected chi connectivity index (χ1v) is 7.42. The lowest BCUT2D eigenvalue weighted by Gasteiger charge is -2.44. The Labute approximate surface area is 117 Å². The van der Waals surface area contributed by atoms with Gasteiger partial charge in [0, 0.05) is 11.8 Å². The zero-order valence-electron chi connectivity index (χ0n) is 13.2. The number of benzene rings is 1. The summed E-state index contributed by atoms with van der Waals surface area (Å²) < 4.78 is 2.18. The SMILES string of the molecule is C[N+](C)(C)[C@H]1C[C@H]([N+](C)(C)C)[C@H]2c3ccccc3[C@@H]21. The predicted octanol–water partition coefficient (Wildman–Crippen LogP) is 2.42. The van der Waals surface area contributed by atoms with Gasteiger partial charge >= 0.3 is 0 Å². The minimum absolute atomic E-state index is 0.766. The molecular formula is C17H28N2+2. The Kier molecular flexibility index (Phi) is 2.65. The summed E-state index contributed by atoms with van der Waals surface area (Å²) in [6, 6.07) is 10.7. The van der Waals surface area contributed by atoms with Crippen LogP contribution in [0.1, 0.15) is 29.4 Å². The molecule has 0 radical (unpaired) electrons. The van der Waals surface area contributed by atoms with E-state index in [0.29, 0.717) is 0 Å². The molecule has 0 amide bonds. The lowest BCUT2D eigenvalue weighted by atomic mass is 9.67. The summed E-state index contributed by atoms with van der Waals surface area (Å²) in [6.07, 6.45) is 1.34. The number of likely N-dealkylation sites (N-methyl/N-ethyl adjacent to an activating group) is 2. The first kappa shape index (κ1) is 13.1. The van der Waals surface area contributed by atoms with E-state index in [1.165, 1.54) is 6.42 Å². The van der Waals surface area contributed by atoms with Gasteiger partial charge in [-0.15, -0.1) is 0 Å². The maximum atomic E-state index is 2.36. The van der Waals surface area contributed by atoms with Gasteiger partial charge in [-0.05, 0) is 11.1 Å². The molecule has 0 unspecified atom stereocenters. The van der Waals surface area contributed by atoms with Crippen molar-refractivity contribution in [3.63, 3.8) is 0 Å². The van der Waals surface area contributed by atoms with E-state index in [1.54, 1.807) is 11.1 Å². The van der Waals surface area contributed by atoms with Crippen LogP contribution in [-0.2, 0) is 0 Å². The summed E-state index contributed by atoms with van der Waals surface area (Å²) in [5.41, 5.74) is 3.25. The van der Waals surface area contributed by atoms with Gasteiger partial charge in [-0.3, -0.25) is 0 Å². The van der Waals surface area contributed by atoms with Crippen LogP contribution in [0.15, 0.2) is 24.3 Å². The topological polar surface area (TPSA) is 0 Å².